The van der Waals surface area contributed by atoms with Crippen LogP contribution in [0.5, 0.6) is 0 Å². The topological polar surface area (TPSA) is 52.0 Å². The van der Waals surface area contributed by atoms with Gasteiger partial charge in [0.1, 0.15) is 5.76 Å². The summed E-state index contributed by atoms with van der Waals surface area (Å²) in [5.41, 5.74) is 5.61. The number of aromatic nitrogens is 1. The van der Waals surface area contributed by atoms with Gasteiger partial charge in [-0.2, -0.15) is 11.8 Å². The second-order valence-electron chi connectivity index (χ2n) is 4.58. The van der Waals surface area contributed by atoms with Gasteiger partial charge in [0.2, 0.25) is 0 Å². The van der Waals surface area contributed by atoms with Crippen LogP contribution in [0.25, 0.3) is 0 Å². The van der Waals surface area contributed by atoms with Crippen LogP contribution in [0.3, 0.4) is 0 Å². The third-order valence-electron chi connectivity index (χ3n) is 3.13. The average Bonchev–Trinajstić information content (AvgIpc) is 2.78. The number of nitrogens with two attached hydrogens (primary N) is 1. The molecule has 0 amide bonds. The molecule has 3 nitrogen and oxygen atoms in total. The summed E-state index contributed by atoms with van der Waals surface area (Å²) in [5, 5.41) is 0. The van der Waals surface area contributed by atoms with Crippen molar-refractivity contribution in [1.82, 2.24) is 4.98 Å². The summed E-state index contributed by atoms with van der Waals surface area (Å²) in [4.78, 5) is 4.35. The molecule has 1 aromatic heterocycles. The van der Waals surface area contributed by atoms with Gasteiger partial charge in [-0.05, 0) is 30.3 Å². The minimum atomic E-state index is 0.280. The van der Waals surface area contributed by atoms with Crippen LogP contribution in [0.1, 0.15) is 37.3 Å². The van der Waals surface area contributed by atoms with Crippen LogP contribution < -0.4 is 5.73 Å². The third-order valence-corrected chi connectivity index (χ3v) is 4.41. The minimum absolute atomic E-state index is 0.280. The van der Waals surface area contributed by atoms with Crippen LogP contribution in [0.15, 0.2) is 10.6 Å². The molecule has 2 N–H and O–H groups in total. The van der Waals surface area contributed by atoms with Crippen LogP contribution >= 0.6 is 11.8 Å². The van der Waals surface area contributed by atoms with E-state index in [0.29, 0.717) is 6.54 Å². The lowest BCUT2D eigenvalue weighted by Gasteiger charge is -2.19. The zero-order valence-electron chi connectivity index (χ0n) is 9.82. The predicted octanol–water partition coefficient (Wildman–Crippen LogP) is 2.42. The normalized spacial score (nSPS) is 23.2. The number of nitrogens with zero attached hydrogens (tertiary/aromatic N) is 1. The van der Waals surface area contributed by atoms with Crippen LogP contribution in [-0.2, 0) is 6.42 Å². The molecule has 0 aliphatic carbocycles. The highest BCUT2D eigenvalue weighted by Gasteiger charge is 2.18. The van der Waals surface area contributed by atoms with E-state index in [2.05, 4.69) is 23.7 Å². The summed E-state index contributed by atoms with van der Waals surface area (Å²) in [6.45, 7) is 2.69. The van der Waals surface area contributed by atoms with Crippen molar-refractivity contribution >= 4 is 11.8 Å². The molecular weight excluding hydrogens is 220 g/mol. The number of oxazole rings is 1. The van der Waals surface area contributed by atoms with Crippen LogP contribution in [0, 0.1) is 5.92 Å². The summed E-state index contributed by atoms with van der Waals surface area (Å²) in [5.74, 6) is 5.42. The van der Waals surface area contributed by atoms with Crippen molar-refractivity contribution < 1.29 is 4.42 Å². The second-order valence-corrected chi connectivity index (χ2v) is 5.73. The Morgan fingerprint density at radius 1 is 1.69 bits per heavy atom. The molecule has 1 aliphatic heterocycles. The largest absolute Gasteiger partial charge is 0.445 e. The molecule has 2 atom stereocenters. The van der Waals surface area contributed by atoms with Gasteiger partial charge in [0.25, 0.3) is 0 Å². The highest BCUT2D eigenvalue weighted by molar-refractivity contribution is 7.99. The van der Waals surface area contributed by atoms with Gasteiger partial charge in [-0.25, -0.2) is 4.98 Å². The third kappa shape index (κ3) is 3.01. The van der Waals surface area contributed by atoms with Gasteiger partial charge in [0.05, 0.1) is 6.20 Å². The first-order chi connectivity index (χ1) is 7.79. The van der Waals surface area contributed by atoms with E-state index in [-0.39, 0.29) is 5.92 Å². The van der Waals surface area contributed by atoms with Crippen molar-refractivity contribution in [3.8, 4) is 0 Å². The van der Waals surface area contributed by atoms with Gasteiger partial charge in [-0.1, -0.05) is 6.92 Å². The first kappa shape index (κ1) is 12.0. The molecule has 90 valence electrons. The predicted molar refractivity (Wildman–Crippen MR) is 67.7 cm³/mol. The molecule has 2 rings (SSSR count). The summed E-state index contributed by atoms with van der Waals surface area (Å²) < 4.78 is 5.74. The van der Waals surface area contributed by atoms with Crippen molar-refractivity contribution in [1.29, 1.82) is 0 Å². The summed E-state index contributed by atoms with van der Waals surface area (Å²) in [6, 6.07) is 0. The Hall–Kier alpha value is -0.480. The Morgan fingerprint density at radius 3 is 3.25 bits per heavy atom. The maximum absolute atomic E-state index is 5.74. The molecule has 0 bridgehead atoms. The van der Waals surface area contributed by atoms with Crippen molar-refractivity contribution in [2.45, 2.75) is 32.1 Å². The highest BCUT2D eigenvalue weighted by Crippen LogP contribution is 2.26. The molecule has 2 unspecified atom stereocenters. The summed E-state index contributed by atoms with van der Waals surface area (Å²) in [6.07, 6.45) is 5.48. The van der Waals surface area contributed by atoms with Crippen molar-refractivity contribution in [3.63, 3.8) is 0 Å². The number of thioether (sulfide) groups is 1. The molecule has 2 heterocycles. The van der Waals surface area contributed by atoms with E-state index >= 15 is 0 Å². The lowest BCUT2D eigenvalue weighted by molar-refractivity contribution is 0.394. The van der Waals surface area contributed by atoms with E-state index in [9.17, 15) is 0 Å². The van der Waals surface area contributed by atoms with Crippen molar-refractivity contribution in [2.24, 2.45) is 11.7 Å². The van der Waals surface area contributed by atoms with E-state index in [0.717, 1.165) is 24.0 Å². The van der Waals surface area contributed by atoms with E-state index in [1.165, 1.54) is 24.3 Å². The van der Waals surface area contributed by atoms with E-state index < -0.39 is 0 Å². The molecule has 0 spiro atoms. The lowest BCUT2D eigenvalue weighted by Crippen LogP contribution is -2.13. The molecule has 1 aromatic rings. The van der Waals surface area contributed by atoms with E-state index in [1.54, 1.807) is 0 Å². The Balaban J connectivity index is 1.91. The first-order valence-electron chi connectivity index (χ1n) is 6.02. The van der Waals surface area contributed by atoms with Gasteiger partial charge < -0.3 is 10.2 Å². The summed E-state index contributed by atoms with van der Waals surface area (Å²) in [7, 11) is 0. The zero-order valence-corrected chi connectivity index (χ0v) is 10.6. The Bertz CT molecular complexity index is 321. The molecule has 1 fully saturated rings. The Labute approximate surface area is 101 Å². The molecule has 1 aliphatic rings. The molecule has 16 heavy (non-hydrogen) atoms. The Kier molecular flexibility index (Phi) is 4.29. The van der Waals surface area contributed by atoms with E-state index in [4.69, 9.17) is 10.2 Å². The van der Waals surface area contributed by atoms with Crippen molar-refractivity contribution in [2.75, 3.05) is 18.1 Å². The fourth-order valence-electron chi connectivity index (χ4n) is 1.98. The van der Waals surface area contributed by atoms with Gasteiger partial charge in [-0.3, -0.25) is 0 Å². The van der Waals surface area contributed by atoms with Gasteiger partial charge >= 0.3 is 0 Å². The quantitative estimate of drug-likeness (QED) is 0.878. The molecule has 0 aromatic carbocycles. The summed E-state index contributed by atoms with van der Waals surface area (Å²) >= 11 is 2.05. The molecule has 0 saturated carbocycles. The first-order valence-corrected chi connectivity index (χ1v) is 7.17. The molecule has 1 saturated heterocycles. The zero-order chi connectivity index (χ0) is 11.4. The van der Waals surface area contributed by atoms with Gasteiger partial charge in [-0.15, -0.1) is 0 Å². The lowest BCUT2D eigenvalue weighted by atomic mass is 10.0. The van der Waals surface area contributed by atoms with Crippen LogP contribution in [0.4, 0.5) is 0 Å². The SMILES string of the molecule is CC(CN)c1cnc(CC2CCCSC2)o1. The van der Waals surface area contributed by atoms with Gasteiger partial charge in [0, 0.05) is 18.9 Å². The monoisotopic (exact) mass is 240 g/mol. The number of rotatable bonds is 4. The maximum atomic E-state index is 5.74. The minimum Gasteiger partial charge on any atom is -0.445 e. The number of hydrogen-bond acceptors (Lipinski definition) is 4. The Morgan fingerprint density at radius 2 is 2.56 bits per heavy atom. The van der Waals surface area contributed by atoms with Crippen LogP contribution in [0.2, 0.25) is 0 Å². The molecular formula is C12H20N2OS. The average molecular weight is 240 g/mol. The maximum Gasteiger partial charge on any atom is 0.194 e. The highest BCUT2D eigenvalue weighted by atomic mass is 32.2. The second kappa shape index (κ2) is 5.73. The van der Waals surface area contributed by atoms with Crippen LogP contribution in [-0.4, -0.2) is 23.0 Å². The fraction of sp³-hybridized carbons (Fsp3) is 0.750. The number of hydrogen-bond donors (Lipinski definition) is 1. The molecule has 4 heteroatoms. The smallest absolute Gasteiger partial charge is 0.194 e. The fourth-order valence-corrected chi connectivity index (χ4v) is 3.13. The van der Waals surface area contributed by atoms with Gasteiger partial charge in [0.15, 0.2) is 5.89 Å². The molecule has 0 radical (unpaired) electrons. The van der Waals surface area contributed by atoms with Crippen molar-refractivity contribution in [3.05, 3.63) is 17.8 Å². The standard InChI is InChI=1S/C12H20N2OS/c1-9(6-13)11-7-14-12(15-11)5-10-3-2-4-16-8-10/h7,9-10H,2-6,8,13H2,1H3. The van der Waals surface area contributed by atoms with E-state index in [1.807, 2.05) is 6.20 Å².